The molecule has 0 radical (unpaired) electrons. The van der Waals surface area contributed by atoms with Crippen LogP contribution in [0.3, 0.4) is 0 Å². The van der Waals surface area contributed by atoms with Gasteiger partial charge in [-0.15, -0.1) is 0 Å². The van der Waals surface area contributed by atoms with Gasteiger partial charge in [-0.05, 0) is 50.1 Å². The van der Waals surface area contributed by atoms with Gasteiger partial charge in [0.1, 0.15) is 5.54 Å². The minimum Gasteiger partial charge on any atom is -0.324 e. The Bertz CT molecular complexity index is 1280. The van der Waals surface area contributed by atoms with Crippen LogP contribution in [0.1, 0.15) is 24.0 Å². The summed E-state index contributed by atoms with van der Waals surface area (Å²) < 4.78 is 0. The Balaban J connectivity index is 1.52. The largest absolute Gasteiger partial charge is 0.324 e. The lowest BCUT2D eigenvalue weighted by molar-refractivity contribution is -0.384. The van der Waals surface area contributed by atoms with Gasteiger partial charge in [-0.25, -0.2) is 4.90 Å². The minimum atomic E-state index is -1.28. The second-order valence-corrected chi connectivity index (χ2v) is 9.41. The van der Waals surface area contributed by atoms with E-state index in [-0.39, 0.29) is 29.2 Å². The van der Waals surface area contributed by atoms with Crippen LogP contribution in [-0.2, 0) is 19.9 Å². The number of nitro groups is 1. The van der Waals surface area contributed by atoms with E-state index < -0.39 is 28.2 Å². The molecule has 3 fully saturated rings. The third-order valence-corrected chi connectivity index (χ3v) is 8.09. The smallest absolute Gasteiger partial charge is 0.269 e. The molecule has 3 amide bonds. The van der Waals surface area contributed by atoms with Gasteiger partial charge in [0.25, 0.3) is 5.69 Å². The maximum Gasteiger partial charge on any atom is 0.269 e. The van der Waals surface area contributed by atoms with E-state index in [9.17, 15) is 24.5 Å². The van der Waals surface area contributed by atoms with Crippen molar-refractivity contribution in [2.24, 2.45) is 11.8 Å². The number of anilines is 2. The lowest BCUT2D eigenvalue weighted by atomic mass is 9.75. The van der Waals surface area contributed by atoms with Crippen LogP contribution in [0.15, 0.2) is 36.4 Å². The summed E-state index contributed by atoms with van der Waals surface area (Å²) in [5.41, 5.74) is 0.873. The highest BCUT2D eigenvalue weighted by molar-refractivity contribution is 6.32. The van der Waals surface area contributed by atoms with Crippen molar-refractivity contribution < 1.29 is 19.3 Å². The molecule has 0 aromatic heterocycles. The number of rotatable bonds is 2. The number of fused-ring (bicyclic) bond motifs is 7. The Kier molecular flexibility index (Phi) is 4.07. The van der Waals surface area contributed by atoms with Crippen molar-refractivity contribution >= 4 is 46.4 Å². The van der Waals surface area contributed by atoms with Crippen molar-refractivity contribution in [3.05, 3.63) is 62.7 Å². The monoisotopic (exact) mass is 466 g/mol. The molecule has 0 saturated carbocycles. The van der Waals surface area contributed by atoms with E-state index in [1.807, 2.05) is 11.8 Å². The number of nitrogens with one attached hydrogen (secondary N) is 1. The first kappa shape index (κ1) is 20.3. The van der Waals surface area contributed by atoms with Gasteiger partial charge in [-0.1, -0.05) is 17.7 Å². The number of hydrogen-bond donors (Lipinski definition) is 1. The lowest BCUT2D eigenvalue weighted by Gasteiger charge is -2.36. The number of carbonyl (C=O) groups excluding carboxylic acids is 3. The van der Waals surface area contributed by atoms with Crippen LogP contribution in [0.5, 0.6) is 0 Å². The predicted octanol–water partition coefficient (Wildman–Crippen LogP) is 2.99. The predicted molar refractivity (Wildman–Crippen MR) is 119 cm³/mol. The van der Waals surface area contributed by atoms with E-state index in [0.717, 1.165) is 16.9 Å². The molecule has 33 heavy (non-hydrogen) atoms. The summed E-state index contributed by atoms with van der Waals surface area (Å²) in [4.78, 5) is 54.8. The van der Waals surface area contributed by atoms with Crippen LogP contribution < -0.4 is 10.2 Å². The lowest BCUT2D eigenvalue weighted by Crippen LogP contribution is -2.54. The number of amides is 3. The summed E-state index contributed by atoms with van der Waals surface area (Å²) in [6.45, 7) is 2.43. The molecule has 4 aliphatic heterocycles. The van der Waals surface area contributed by atoms with Crippen LogP contribution in [0.4, 0.5) is 17.1 Å². The highest BCUT2D eigenvalue weighted by Gasteiger charge is 2.74. The Morgan fingerprint density at radius 1 is 1.12 bits per heavy atom. The number of carbonyl (C=O) groups is 3. The first-order chi connectivity index (χ1) is 15.8. The van der Waals surface area contributed by atoms with Crippen LogP contribution in [-0.4, -0.2) is 40.1 Å². The van der Waals surface area contributed by atoms with E-state index >= 15 is 0 Å². The molecule has 168 valence electrons. The van der Waals surface area contributed by atoms with Crippen molar-refractivity contribution in [2.75, 3.05) is 16.8 Å². The Morgan fingerprint density at radius 3 is 2.55 bits per heavy atom. The normalized spacial score (nSPS) is 30.1. The highest BCUT2D eigenvalue weighted by Crippen LogP contribution is 2.61. The van der Waals surface area contributed by atoms with Crippen LogP contribution in [0.2, 0.25) is 5.02 Å². The first-order valence-electron chi connectivity index (χ1n) is 10.8. The number of nitrogens with zero attached hydrogens (tertiary/aromatic N) is 3. The molecule has 0 unspecified atom stereocenters. The van der Waals surface area contributed by atoms with E-state index in [4.69, 9.17) is 11.6 Å². The Hall–Kier alpha value is -3.30. The average Bonchev–Trinajstić information content (AvgIpc) is 3.50. The molecule has 10 heteroatoms. The second kappa shape index (κ2) is 6.61. The molecule has 0 bridgehead atoms. The van der Waals surface area contributed by atoms with E-state index in [2.05, 4.69) is 5.32 Å². The summed E-state index contributed by atoms with van der Waals surface area (Å²) in [5.74, 6) is -2.67. The average molecular weight is 467 g/mol. The molecule has 2 aromatic rings. The summed E-state index contributed by atoms with van der Waals surface area (Å²) >= 11 is 6.31. The zero-order valence-corrected chi connectivity index (χ0v) is 18.3. The number of imide groups is 1. The molecule has 4 heterocycles. The van der Waals surface area contributed by atoms with Crippen LogP contribution in [0.25, 0.3) is 0 Å². The fourth-order valence-corrected chi connectivity index (χ4v) is 6.53. The highest BCUT2D eigenvalue weighted by atomic mass is 35.5. The topological polar surface area (TPSA) is 113 Å². The summed E-state index contributed by atoms with van der Waals surface area (Å²) in [7, 11) is 0. The van der Waals surface area contributed by atoms with Crippen molar-refractivity contribution in [2.45, 2.75) is 31.3 Å². The van der Waals surface area contributed by atoms with Gasteiger partial charge in [-0.2, -0.15) is 0 Å². The van der Waals surface area contributed by atoms with Crippen molar-refractivity contribution in [1.29, 1.82) is 0 Å². The third-order valence-electron chi connectivity index (χ3n) is 7.68. The molecule has 1 spiro atoms. The van der Waals surface area contributed by atoms with Gasteiger partial charge in [0.05, 0.1) is 28.1 Å². The first-order valence-corrected chi connectivity index (χ1v) is 11.2. The van der Waals surface area contributed by atoms with Crippen molar-refractivity contribution in [3.63, 3.8) is 0 Å². The number of halogens is 1. The zero-order chi connectivity index (χ0) is 23.2. The quantitative estimate of drug-likeness (QED) is 0.413. The summed E-state index contributed by atoms with van der Waals surface area (Å²) in [6.07, 6.45) is 1.54. The van der Waals surface area contributed by atoms with Crippen molar-refractivity contribution in [3.8, 4) is 0 Å². The van der Waals surface area contributed by atoms with E-state index in [1.165, 1.54) is 24.3 Å². The van der Waals surface area contributed by atoms with Gasteiger partial charge in [0.15, 0.2) is 0 Å². The molecule has 4 atom stereocenters. The maximum atomic E-state index is 13.9. The molecule has 9 nitrogen and oxygen atoms in total. The summed E-state index contributed by atoms with van der Waals surface area (Å²) in [6, 6.07) is 8.62. The molecular weight excluding hydrogens is 448 g/mol. The van der Waals surface area contributed by atoms with Gasteiger partial charge in [0, 0.05) is 28.8 Å². The Morgan fingerprint density at radius 2 is 1.85 bits per heavy atom. The fraction of sp³-hybridized carbons (Fsp3) is 0.348. The third kappa shape index (κ3) is 2.33. The second-order valence-electron chi connectivity index (χ2n) is 9.01. The van der Waals surface area contributed by atoms with Gasteiger partial charge >= 0.3 is 0 Å². The number of benzene rings is 2. The molecule has 3 saturated heterocycles. The number of hydrogen-bond acceptors (Lipinski definition) is 6. The van der Waals surface area contributed by atoms with Crippen LogP contribution >= 0.6 is 11.6 Å². The standard InChI is InChI=1S/C23H19ClN4O5/c1-11-15(24)9-8-14-19(11)25-22(31)23(14)18-17(16-3-2-10-26(16)23)20(29)27(21(18)30)12-4-6-13(7-5-12)28(32)33/h4-9,16-18H,2-3,10H2,1H3,(H,25,31)/t16-,17+,18-,23+/m0/s1. The fourth-order valence-electron chi connectivity index (χ4n) is 6.37. The zero-order valence-electron chi connectivity index (χ0n) is 17.6. The maximum absolute atomic E-state index is 13.9. The number of nitro benzene ring substituents is 1. The molecule has 1 N–H and O–H groups in total. The van der Waals surface area contributed by atoms with Crippen LogP contribution in [0, 0.1) is 28.9 Å². The molecule has 4 aliphatic rings. The Labute approximate surface area is 193 Å². The molecular formula is C23H19ClN4O5. The van der Waals surface area contributed by atoms with Gasteiger partial charge in [-0.3, -0.25) is 29.4 Å². The molecule has 6 rings (SSSR count). The van der Waals surface area contributed by atoms with E-state index in [1.54, 1.807) is 12.1 Å². The van der Waals surface area contributed by atoms with Gasteiger partial charge < -0.3 is 5.32 Å². The van der Waals surface area contributed by atoms with Gasteiger partial charge in [0.2, 0.25) is 17.7 Å². The summed E-state index contributed by atoms with van der Waals surface area (Å²) in [5, 5.41) is 14.5. The minimum absolute atomic E-state index is 0.132. The van der Waals surface area contributed by atoms with Crippen molar-refractivity contribution in [1.82, 2.24) is 4.90 Å². The van der Waals surface area contributed by atoms with E-state index in [0.29, 0.717) is 29.2 Å². The SMILES string of the molecule is Cc1c(Cl)ccc2c1NC(=O)[C@]21[C@@H]2C(=O)N(c3ccc([N+](=O)[O-])cc3)C(=O)[C@@H]2[C@@H]2CCCN21. The number of non-ortho nitro benzene ring substituents is 1. The molecule has 0 aliphatic carbocycles. The molecule has 2 aromatic carbocycles.